The number of carbonyl (C=O) groups excluding carboxylic acids is 2. The zero-order valence-electron chi connectivity index (χ0n) is 16.8. The van der Waals surface area contributed by atoms with Crippen LogP contribution in [0.4, 0.5) is 0 Å². The molecule has 4 atom stereocenters. The van der Waals surface area contributed by atoms with Gasteiger partial charge >= 0.3 is 5.97 Å². The summed E-state index contributed by atoms with van der Waals surface area (Å²) in [6.07, 6.45) is 6.20. The fourth-order valence-electron chi connectivity index (χ4n) is 5.14. The minimum absolute atomic E-state index is 0.123. The number of hydrogen-bond donors (Lipinski definition) is 1. The molecule has 0 saturated carbocycles. The number of likely N-dealkylation sites (tertiary alicyclic amines) is 1. The maximum absolute atomic E-state index is 13.0. The summed E-state index contributed by atoms with van der Waals surface area (Å²) in [6.45, 7) is 0.661. The van der Waals surface area contributed by atoms with E-state index in [1.165, 1.54) is 7.11 Å². The van der Waals surface area contributed by atoms with Gasteiger partial charge in [-0.3, -0.25) is 14.5 Å². The van der Waals surface area contributed by atoms with Crippen molar-refractivity contribution < 1.29 is 14.3 Å². The molecular formula is C25H24N2O3. The van der Waals surface area contributed by atoms with Crippen LogP contribution in [0.1, 0.15) is 17.2 Å². The number of aromatic nitrogens is 1. The standard InChI is InChI=1S/C25H24N2O3/c1-30-25(29)21(13-18-14-26-20-10-6-5-9-19(18)20)27-15-17-11-12-22(28)23(17)24(27)16-7-3-2-4-8-16/h2-12,14,17,21,23-24,26H,13,15H2,1H3/t17?,21-,23+,24+/m0/s1. The van der Waals surface area contributed by atoms with E-state index in [4.69, 9.17) is 4.74 Å². The molecule has 2 aliphatic rings. The third-order valence-corrected chi connectivity index (χ3v) is 6.52. The van der Waals surface area contributed by atoms with Crippen LogP contribution in [0.25, 0.3) is 10.9 Å². The van der Waals surface area contributed by atoms with Crippen molar-refractivity contribution in [1.29, 1.82) is 0 Å². The lowest BCUT2D eigenvalue weighted by molar-refractivity contribution is -0.148. The lowest BCUT2D eigenvalue weighted by atomic mass is 9.87. The summed E-state index contributed by atoms with van der Waals surface area (Å²) in [5, 5.41) is 1.11. The minimum Gasteiger partial charge on any atom is -0.468 e. The largest absolute Gasteiger partial charge is 0.468 e. The van der Waals surface area contributed by atoms with Crippen molar-refractivity contribution in [1.82, 2.24) is 9.88 Å². The summed E-state index contributed by atoms with van der Waals surface area (Å²) in [7, 11) is 1.43. The number of rotatable bonds is 5. The van der Waals surface area contributed by atoms with E-state index in [1.807, 2.05) is 60.8 Å². The Kier molecular flexibility index (Phi) is 4.75. The van der Waals surface area contributed by atoms with Crippen molar-refractivity contribution in [2.75, 3.05) is 13.7 Å². The van der Waals surface area contributed by atoms with E-state index in [1.54, 1.807) is 6.08 Å². The maximum Gasteiger partial charge on any atom is 0.323 e. The zero-order chi connectivity index (χ0) is 20.7. The fraction of sp³-hybridized carbons (Fsp3) is 0.280. The van der Waals surface area contributed by atoms with Gasteiger partial charge in [0, 0.05) is 47.9 Å². The van der Waals surface area contributed by atoms with Crippen LogP contribution in [0.5, 0.6) is 0 Å². The van der Waals surface area contributed by atoms with E-state index < -0.39 is 6.04 Å². The van der Waals surface area contributed by atoms with Gasteiger partial charge in [-0.05, 0) is 23.3 Å². The van der Waals surface area contributed by atoms with Crippen molar-refractivity contribution in [2.24, 2.45) is 11.8 Å². The topological polar surface area (TPSA) is 62.4 Å². The number of hydrogen-bond acceptors (Lipinski definition) is 4. The second kappa shape index (κ2) is 7.58. The molecule has 0 bridgehead atoms. The molecule has 1 aliphatic heterocycles. The van der Waals surface area contributed by atoms with Gasteiger partial charge in [0.25, 0.3) is 0 Å². The molecule has 1 aromatic heterocycles. The predicted molar refractivity (Wildman–Crippen MR) is 115 cm³/mol. The summed E-state index contributed by atoms with van der Waals surface area (Å²) >= 11 is 0. The van der Waals surface area contributed by atoms with Gasteiger partial charge in [0.1, 0.15) is 6.04 Å². The SMILES string of the molecule is COC(=O)[C@H](Cc1c[nH]c2ccccc12)N1CC2C=CC(=O)[C@@H]2[C@H]1c1ccccc1. The molecule has 2 heterocycles. The van der Waals surface area contributed by atoms with Crippen molar-refractivity contribution in [2.45, 2.75) is 18.5 Å². The van der Waals surface area contributed by atoms with Crippen molar-refractivity contribution >= 4 is 22.7 Å². The molecule has 30 heavy (non-hydrogen) atoms. The Morgan fingerprint density at radius 1 is 1.17 bits per heavy atom. The number of para-hydroxylation sites is 1. The molecule has 2 aromatic carbocycles. The highest BCUT2D eigenvalue weighted by atomic mass is 16.5. The molecule has 5 nitrogen and oxygen atoms in total. The number of ketones is 1. The molecule has 1 aliphatic carbocycles. The maximum atomic E-state index is 13.0. The van der Waals surface area contributed by atoms with Crippen molar-refractivity contribution in [3.05, 3.63) is 84.1 Å². The predicted octanol–water partition coefficient (Wildman–Crippen LogP) is 3.68. The number of carbonyl (C=O) groups is 2. The molecule has 152 valence electrons. The number of H-pyrrole nitrogens is 1. The van der Waals surface area contributed by atoms with Gasteiger partial charge in [0.15, 0.2) is 5.78 Å². The minimum atomic E-state index is -0.466. The second-order valence-corrected chi connectivity index (χ2v) is 8.11. The molecule has 5 heteroatoms. The Labute approximate surface area is 175 Å². The highest BCUT2D eigenvalue weighted by Crippen LogP contribution is 2.46. The van der Waals surface area contributed by atoms with E-state index in [2.05, 4.69) is 16.0 Å². The van der Waals surface area contributed by atoms with Gasteiger partial charge in [-0.15, -0.1) is 0 Å². The van der Waals surface area contributed by atoms with Crippen LogP contribution in [-0.2, 0) is 20.7 Å². The normalized spacial score (nSPS) is 24.3. The number of nitrogens with zero attached hydrogens (tertiary/aromatic N) is 1. The van der Waals surface area contributed by atoms with Crippen LogP contribution < -0.4 is 0 Å². The Hall–Kier alpha value is -3.18. The first kappa shape index (κ1) is 18.8. The van der Waals surface area contributed by atoms with Gasteiger partial charge in [0.2, 0.25) is 0 Å². The second-order valence-electron chi connectivity index (χ2n) is 8.11. The molecule has 0 radical (unpaired) electrons. The first-order chi connectivity index (χ1) is 14.7. The highest BCUT2D eigenvalue weighted by molar-refractivity contribution is 5.96. The molecule has 0 spiro atoms. The smallest absolute Gasteiger partial charge is 0.323 e. The molecule has 1 unspecified atom stereocenters. The number of nitrogens with one attached hydrogen (secondary N) is 1. The van der Waals surface area contributed by atoms with E-state index >= 15 is 0 Å². The van der Waals surface area contributed by atoms with E-state index in [0.29, 0.717) is 13.0 Å². The number of benzene rings is 2. The summed E-state index contributed by atoms with van der Waals surface area (Å²) in [6, 6.07) is 17.5. The molecule has 0 amide bonds. The lowest BCUT2D eigenvalue weighted by Crippen LogP contribution is -2.44. The fourth-order valence-corrected chi connectivity index (χ4v) is 5.14. The number of fused-ring (bicyclic) bond motifs is 2. The van der Waals surface area contributed by atoms with Gasteiger partial charge in [0.05, 0.1) is 7.11 Å². The Morgan fingerprint density at radius 2 is 1.93 bits per heavy atom. The first-order valence-corrected chi connectivity index (χ1v) is 10.3. The summed E-state index contributed by atoms with van der Waals surface area (Å²) in [5.74, 6) is -0.148. The monoisotopic (exact) mass is 400 g/mol. The number of allylic oxidation sites excluding steroid dienone is 1. The number of ether oxygens (including phenoxy) is 1. The number of methoxy groups -OCH3 is 1. The molecule has 1 fully saturated rings. The molecule has 1 N–H and O–H groups in total. The van der Waals surface area contributed by atoms with Crippen molar-refractivity contribution in [3.8, 4) is 0 Å². The molecule has 5 rings (SSSR count). The van der Waals surface area contributed by atoms with E-state index in [0.717, 1.165) is 22.0 Å². The van der Waals surface area contributed by atoms with Crippen molar-refractivity contribution in [3.63, 3.8) is 0 Å². The average Bonchev–Trinajstić information content (AvgIpc) is 3.47. The summed E-state index contributed by atoms with van der Waals surface area (Å²) < 4.78 is 5.23. The number of esters is 1. The quantitative estimate of drug-likeness (QED) is 0.664. The van der Waals surface area contributed by atoms with Gasteiger partial charge in [-0.2, -0.15) is 0 Å². The van der Waals surface area contributed by atoms with Gasteiger partial charge < -0.3 is 9.72 Å². The van der Waals surface area contributed by atoms with Crippen LogP contribution in [0.3, 0.4) is 0 Å². The summed E-state index contributed by atoms with van der Waals surface area (Å²) in [5.41, 5.74) is 3.19. The van der Waals surface area contributed by atoms with Crippen LogP contribution in [-0.4, -0.2) is 41.3 Å². The third-order valence-electron chi connectivity index (χ3n) is 6.52. The van der Waals surface area contributed by atoms with Gasteiger partial charge in [-0.25, -0.2) is 0 Å². The Balaban J connectivity index is 1.55. The van der Waals surface area contributed by atoms with E-state index in [-0.39, 0.29) is 29.6 Å². The zero-order valence-corrected chi connectivity index (χ0v) is 16.8. The highest BCUT2D eigenvalue weighted by Gasteiger charge is 2.50. The lowest BCUT2D eigenvalue weighted by Gasteiger charge is -2.33. The average molecular weight is 400 g/mol. The summed E-state index contributed by atoms with van der Waals surface area (Å²) in [4.78, 5) is 31.1. The Bertz CT molecular complexity index is 1120. The van der Waals surface area contributed by atoms with E-state index in [9.17, 15) is 9.59 Å². The Morgan fingerprint density at radius 3 is 2.73 bits per heavy atom. The number of aromatic amines is 1. The first-order valence-electron chi connectivity index (χ1n) is 10.3. The molecule has 1 saturated heterocycles. The van der Waals surface area contributed by atoms with Crippen LogP contribution in [0, 0.1) is 11.8 Å². The third kappa shape index (κ3) is 3.06. The van der Waals surface area contributed by atoms with Crippen LogP contribution >= 0.6 is 0 Å². The van der Waals surface area contributed by atoms with Crippen LogP contribution in [0.15, 0.2) is 72.9 Å². The molecule has 3 aromatic rings. The molecular weight excluding hydrogens is 376 g/mol. The van der Waals surface area contributed by atoms with Gasteiger partial charge in [-0.1, -0.05) is 54.6 Å². The van der Waals surface area contributed by atoms with Crippen LogP contribution in [0.2, 0.25) is 0 Å².